The van der Waals surface area contributed by atoms with E-state index in [-0.39, 0.29) is 0 Å². The van der Waals surface area contributed by atoms with Crippen molar-refractivity contribution in [1.82, 2.24) is 10.2 Å². The Morgan fingerprint density at radius 1 is 0.955 bits per heavy atom. The van der Waals surface area contributed by atoms with Gasteiger partial charge in [-0.2, -0.15) is 0 Å². The molecule has 1 heterocycles. The summed E-state index contributed by atoms with van der Waals surface area (Å²) in [6.45, 7) is 24.4. The lowest BCUT2D eigenvalue weighted by Gasteiger charge is -2.29. The molecule has 1 rings (SSSR count). The average Bonchev–Trinajstić information content (AvgIpc) is 2.59. The van der Waals surface area contributed by atoms with Crippen LogP contribution in [0.2, 0.25) is 0 Å². The fraction of sp³-hybridized carbons (Fsp3) is 1.00. The molecule has 0 aromatic heterocycles. The summed E-state index contributed by atoms with van der Waals surface area (Å²) < 4.78 is 0. The van der Waals surface area contributed by atoms with Crippen molar-refractivity contribution in [1.29, 1.82) is 0 Å². The van der Waals surface area contributed by atoms with Crippen LogP contribution in [0, 0.1) is 11.3 Å². The standard InChI is InChI=1S/C11H24.C5H12N2.2C2H6/c1-6-10(4)9-11(5,7-2)8-3;1-7-4-2-6-3-5-7;2*1-2/h10H,6-9H2,1-5H3;6H,2-5H2,1H3;2*1-2H3. The fourth-order valence-electron chi connectivity index (χ4n) is 2.30. The third-order valence-corrected chi connectivity index (χ3v) is 4.59. The van der Waals surface area contributed by atoms with Crippen LogP contribution in [-0.4, -0.2) is 38.1 Å². The largest absolute Gasteiger partial charge is 0.314 e. The maximum absolute atomic E-state index is 3.27. The number of nitrogens with one attached hydrogen (secondary N) is 1. The molecule has 1 unspecified atom stereocenters. The first kappa shape index (κ1) is 26.8. The Bertz CT molecular complexity index is 182. The molecule has 2 nitrogen and oxygen atoms in total. The van der Waals surface area contributed by atoms with Crippen molar-refractivity contribution in [2.45, 2.75) is 88.0 Å². The average molecular weight is 317 g/mol. The van der Waals surface area contributed by atoms with E-state index in [2.05, 4.69) is 51.9 Å². The van der Waals surface area contributed by atoms with E-state index in [1.807, 2.05) is 27.7 Å². The minimum atomic E-state index is 0.607. The second kappa shape index (κ2) is 19.0. The highest BCUT2D eigenvalue weighted by molar-refractivity contribution is 4.72. The van der Waals surface area contributed by atoms with Gasteiger partial charge in [-0.1, -0.05) is 81.6 Å². The SMILES string of the molecule is CC.CC.CCC(C)CC(C)(CC)CC.CN1CCNCC1. The van der Waals surface area contributed by atoms with Gasteiger partial charge in [-0.05, 0) is 24.8 Å². The topological polar surface area (TPSA) is 15.3 Å². The molecular weight excluding hydrogens is 268 g/mol. The summed E-state index contributed by atoms with van der Waals surface area (Å²) in [5.41, 5.74) is 0.607. The van der Waals surface area contributed by atoms with Crippen molar-refractivity contribution < 1.29 is 0 Å². The zero-order valence-corrected chi connectivity index (χ0v) is 17.7. The summed E-state index contributed by atoms with van der Waals surface area (Å²) in [5.74, 6) is 0.903. The lowest BCUT2D eigenvalue weighted by Crippen LogP contribution is -2.40. The molecular formula is C20H48N2. The molecule has 0 bridgehead atoms. The minimum Gasteiger partial charge on any atom is -0.314 e. The molecule has 1 aliphatic rings. The zero-order chi connectivity index (χ0) is 18.0. The molecule has 1 atom stereocenters. The number of likely N-dealkylation sites (N-methyl/N-ethyl adjacent to an activating group) is 1. The number of piperazine rings is 1. The molecule has 1 N–H and O–H groups in total. The predicted molar refractivity (Wildman–Crippen MR) is 106 cm³/mol. The summed E-state index contributed by atoms with van der Waals surface area (Å²) in [4.78, 5) is 2.33. The Labute approximate surface area is 143 Å². The van der Waals surface area contributed by atoms with Crippen LogP contribution in [0.4, 0.5) is 0 Å². The van der Waals surface area contributed by atoms with Crippen molar-refractivity contribution >= 4 is 0 Å². The van der Waals surface area contributed by atoms with Gasteiger partial charge in [-0.15, -0.1) is 0 Å². The van der Waals surface area contributed by atoms with Crippen LogP contribution in [0.5, 0.6) is 0 Å². The first-order valence-electron chi connectivity index (χ1n) is 9.86. The van der Waals surface area contributed by atoms with Crippen molar-refractivity contribution in [2.75, 3.05) is 33.2 Å². The maximum atomic E-state index is 3.27. The summed E-state index contributed by atoms with van der Waals surface area (Å²) in [5, 5.41) is 3.27. The number of hydrogen-bond donors (Lipinski definition) is 1. The second-order valence-electron chi connectivity index (χ2n) is 6.29. The van der Waals surface area contributed by atoms with Crippen LogP contribution in [0.25, 0.3) is 0 Å². The van der Waals surface area contributed by atoms with Gasteiger partial charge < -0.3 is 10.2 Å². The van der Waals surface area contributed by atoms with Gasteiger partial charge in [0.15, 0.2) is 0 Å². The van der Waals surface area contributed by atoms with Crippen LogP contribution in [0.3, 0.4) is 0 Å². The molecule has 2 heteroatoms. The van der Waals surface area contributed by atoms with E-state index in [1.54, 1.807) is 0 Å². The summed E-state index contributed by atoms with van der Waals surface area (Å²) in [7, 11) is 2.15. The molecule has 0 aromatic carbocycles. The lowest BCUT2D eigenvalue weighted by atomic mass is 9.77. The van der Waals surface area contributed by atoms with Gasteiger partial charge in [0.05, 0.1) is 0 Å². The Morgan fingerprint density at radius 3 is 1.59 bits per heavy atom. The van der Waals surface area contributed by atoms with E-state index in [0.717, 1.165) is 19.0 Å². The van der Waals surface area contributed by atoms with Crippen molar-refractivity contribution in [2.24, 2.45) is 11.3 Å². The zero-order valence-electron chi connectivity index (χ0n) is 17.7. The predicted octanol–water partition coefficient (Wildman–Crippen LogP) is 5.82. The fourth-order valence-corrected chi connectivity index (χ4v) is 2.30. The quantitative estimate of drug-likeness (QED) is 0.687. The van der Waals surface area contributed by atoms with Crippen LogP contribution in [0.1, 0.15) is 88.0 Å². The molecule has 22 heavy (non-hydrogen) atoms. The highest BCUT2D eigenvalue weighted by Gasteiger charge is 2.21. The molecule has 1 aliphatic heterocycles. The highest BCUT2D eigenvalue weighted by atomic mass is 15.2. The molecule has 0 amide bonds. The molecule has 0 aromatic rings. The molecule has 0 saturated carbocycles. The lowest BCUT2D eigenvalue weighted by molar-refractivity contribution is 0.225. The van der Waals surface area contributed by atoms with E-state index in [0.29, 0.717) is 5.41 Å². The molecule has 0 radical (unpaired) electrons. The summed E-state index contributed by atoms with van der Waals surface area (Å²) in [6, 6.07) is 0. The van der Waals surface area contributed by atoms with E-state index in [4.69, 9.17) is 0 Å². The van der Waals surface area contributed by atoms with Gasteiger partial charge in [0.1, 0.15) is 0 Å². The smallest absolute Gasteiger partial charge is 0.0104 e. The third kappa shape index (κ3) is 16.3. The van der Waals surface area contributed by atoms with Crippen molar-refractivity contribution in [3.05, 3.63) is 0 Å². The normalized spacial score (nSPS) is 16.1. The van der Waals surface area contributed by atoms with Crippen LogP contribution in [-0.2, 0) is 0 Å². The van der Waals surface area contributed by atoms with Crippen molar-refractivity contribution in [3.8, 4) is 0 Å². The Hall–Kier alpha value is -0.0800. The molecule has 1 saturated heterocycles. The molecule has 138 valence electrons. The summed E-state index contributed by atoms with van der Waals surface area (Å²) in [6.07, 6.45) is 5.38. The number of nitrogens with zero attached hydrogens (tertiary/aromatic N) is 1. The van der Waals surface area contributed by atoms with E-state index >= 15 is 0 Å². The Balaban J connectivity index is -0.000000280. The first-order chi connectivity index (χ1) is 10.5. The molecule has 0 spiro atoms. The Morgan fingerprint density at radius 2 is 1.36 bits per heavy atom. The minimum absolute atomic E-state index is 0.607. The van der Waals surface area contributed by atoms with E-state index in [9.17, 15) is 0 Å². The van der Waals surface area contributed by atoms with Gasteiger partial charge in [0, 0.05) is 26.2 Å². The van der Waals surface area contributed by atoms with E-state index in [1.165, 1.54) is 38.8 Å². The highest BCUT2D eigenvalue weighted by Crippen LogP contribution is 2.33. The first-order valence-corrected chi connectivity index (χ1v) is 9.86. The third-order valence-electron chi connectivity index (χ3n) is 4.59. The van der Waals surface area contributed by atoms with Gasteiger partial charge in [-0.25, -0.2) is 0 Å². The molecule has 1 fully saturated rings. The number of hydrogen-bond acceptors (Lipinski definition) is 2. The van der Waals surface area contributed by atoms with Crippen LogP contribution >= 0.6 is 0 Å². The van der Waals surface area contributed by atoms with Crippen molar-refractivity contribution in [3.63, 3.8) is 0 Å². The van der Waals surface area contributed by atoms with Gasteiger partial charge in [0.2, 0.25) is 0 Å². The Kier molecular flexibility index (Phi) is 23.1. The summed E-state index contributed by atoms with van der Waals surface area (Å²) >= 11 is 0. The number of rotatable bonds is 5. The van der Waals surface area contributed by atoms with Gasteiger partial charge in [-0.3, -0.25) is 0 Å². The van der Waals surface area contributed by atoms with Gasteiger partial charge in [0.25, 0.3) is 0 Å². The van der Waals surface area contributed by atoms with Gasteiger partial charge >= 0.3 is 0 Å². The second-order valence-corrected chi connectivity index (χ2v) is 6.29. The van der Waals surface area contributed by atoms with Crippen LogP contribution < -0.4 is 5.32 Å². The van der Waals surface area contributed by atoms with Crippen LogP contribution in [0.15, 0.2) is 0 Å². The molecule has 0 aliphatic carbocycles. The monoisotopic (exact) mass is 316 g/mol. The van der Waals surface area contributed by atoms with E-state index < -0.39 is 0 Å². The maximum Gasteiger partial charge on any atom is 0.0104 e.